The summed E-state index contributed by atoms with van der Waals surface area (Å²) >= 11 is 0. The monoisotopic (exact) mass is 482 g/mol. The molecule has 1 aliphatic rings. The zero-order chi connectivity index (χ0) is 24.8. The summed E-state index contributed by atoms with van der Waals surface area (Å²) in [6, 6.07) is 31.0. The quantitative estimate of drug-likeness (QED) is 0.257. The number of aromatic nitrogens is 4. The topological polar surface area (TPSA) is 35.6 Å². The van der Waals surface area contributed by atoms with Gasteiger partial charge in [-0.3, -0.25) is 4.98 Å². The molecule has 0 saturated heterocycles. The van der Waals surface area contributed by atoms with Crippen LogP contribution in [0.15, 0.2) is 104 Å². The van der Waals surface area contributed by atoms with Gasteiger partial charge in [-0.2, -0.15) is 0 Å². The summed E-state index contributed by atoms with van der Waals surface area (Å²) in [7, 11) is 2.05. The number of aryl methyl sites for hydroxylation is 1. The van der Waals surface area contributed by atoms with Crippen molar-refractivity contribution in [3.63, 3.8) is 0 Å². The predicted molar refractivity (Wildman–Crippen MR) is 151 cm³/mol. The number of imidazole rings is 1. The van der Waals surface area contributed by atoms with Gasteiger partial charge in [-0.05, 0) is 54.8 Å². The maximum absolute atomic E-state index is 4.88. The second-order valence-corrected chi connectivity index (χ2v) is 10.4. The highest BCUT2D eigenvalue weighted by molar-refractivity contribution is 6.10. The van der Waals surface area contributed by atoms with Crippen molar-refractivity contribution in [3.8, 4) is 17.1 Å². The number of fused-ring (bicyclic) bond motifs is 3. The molecule has 0 unspecified atom stereocenters. The molecule has 0 N–H and O–H groups in total. The molecule has 0 spiro atoms. The van der Waals surface area contributed by atoms with Gasteiger partial charge in [0, 0.05) is 53.1 Å². The van der Waals surface area contributed by atoms with E-state index in [2.05, 4.69) is 93.0 Å². The molecule has 1 saturated carbocycles. The lowest BCUT2D eigenvalue weighted by atomic mass is 9.67. The second kappa shape index (κ2) is 8.74. The van der Waals surface area contributed by atoms with E-state index in [4.69, 9.17) is 4.98 Å². The molecule has 182 valence electrons. The van der Waals surface area contributed by atoms with E-state index < -0.39 is 0 Å². The normalized spacial score (nSPS) is 15.4. The van der Waals surface area contributed by atoms with Gasteiger partial charge in [0.25, 0.3) is 0 Å². The fourth-order valence-corrected chi connectivity index (χ4v) is 6.47. The molecule has 4 nitrogen and oxygen atoms in total. The van der Waals surface area contributed by atoms with E-state index >= 15 is 0 Å². The maximum atomic E-state index is 4.88. The van der Waals surface area contributed by atoms with Gasteiger partial charge in [-0.1, -0.05) is 67.8 Å². The smallest absolute Gasteiger partial charge is 0.139 e. The van der Waals surface area contributed by atoms with Crippen molar-refractivity contribution in [1.82, 2.24) is 19.1 Å². The van der Waals surface area contributed by atoms with E-state index in [1.165, 1.54) is 58.0 Å². The fourth-order valence-electron chi connectivity index (χ4n) is 6.47. The molecule has 3 heterocycles. The first-order valence-corrected chi connectivity index (χ1v) is 13.3. The van der Waals surface area contributed by atoms with Gasteiger partial charge in [0.15, 0.2) is 0 Å². The van der Waals surface area contributed by atoms with Crippen LogP contribution in [-0.2, 0) is 12.5 Å². The molecule has 1 aliphatic carbocycles. The summed E-state index contributed by atoms with van der Waals surface area (Å²) in [4.78, 5) is 9.49. The molecule has 0 amide bonds. The van der Waals surface area contributed by atoms with Crippen LogP contribution in [0.25, 0.3) is 38.9 Å². The Kier molecular flexibility index (Phi) is 5.21. The third kappa shape index (κ3) is 3.51. The Labute approximate surface area is 217 Å². The lowest BCUT2D eigenvalue weighted by Gasteiger charge is -2.37. The van der Waals surface area contributed by atoms with Crippen LogP contribution in [0.3, 0.4) is 0 Å². The molecular formula is C33H30N4. The minimum absolute atomic E-state index is 0.0353. The zero-order valence-corrected chi connectivity index (χ0v) is 21.1. The van der Waals surface area contributed by atoms with E-state index in [1.54, 1.807) is 0 Å². The molecular weight excluding hydrogens is 452 g/mol. The molecule has 6 aromatic rings. The number of benzene rings is 3. The van der Waals surface area contributed by atoms with Gasteiger partial charge in [0.05, 0.1) is 16.7 Å². The van der Waals surface area contributed by atoms with Gasteiger partial charge < -0.3 is 9.13 Å². The lowest BCUT2D eigenvalue weighted by Crippen LogP contribution is -2.31. The summed E-state index contributed by atoms with van der Waals surface area (Å²) in [5.41, 5.74) is 7.28. The van der Waals surface area contributed by atoms with Crippen LogP contribution in [-0.4, -0.2) is 19.1 Å². The van der Waals surface area contributed by atoms with Crippen LogP contribution in [0.4, 0.5) is 0 Å². The van der Waals surface area contributed by atoms with Crippen molar-refractivity contribution in [2.75, 3.05) is 0 Å². The zero-order valence-electron chi connectivity index (χ0n) is 21.1. The Morgan fingerprint density at radius 1 is 0.703 bits per heavy atom. The summed E-state index contributed by atoms with van der Waals surface area (Å²) < 4.78 is 4.50. The molecule has 4 heteroatoms. The lowest BCUT2D eigenvalue weighted by molar-refractivity contribution is 0.338. The van der Waals surface area contributed by atoms with Crippen LogP contribution in [0.1, 0.15) is 43.4 Å². The van der Waals surface area contributed by atoms with Gasteiger partial charge >= 0.3 is 0 Å². The van der Waals surface area contributed by atoms with Gasteiger partial charge in [0.1, 0.15) is 5.82 Å². The largest absolute Gasteiger partial charge is 0.334 e. The van der Waals surface area contributed by atoms with Crippen molar-refractivity contribution in [1.29, 1.82) is 0 Å². The number of hydrogen-bond acceptors (Lipinski definition) is 2. The first-order valence-electron chi connectivity index (χ1n) is 13.3. The molecule has 0 aliphatic heterocycles. The van der Waals surface area contributed by atoms with E-state index in [-0.39, 0.29) is 5.41 Å². The number of pyridine rings is 1. The van der Waals surface area contributed by atoms with E-state index in [1.807, 2.05) is 31.7 Å². The molecule has 0 bridgehead atoms. The molecule has 7 rings (SSSR count). The highest BCUT2D eigenvalue weighted by atomic mass is 15.0. The minimum Gasteiger partial charge on any atom is -0.334 e. The molecule has 0 radical (unpaired) electrons. The number of hydrogen-bond donors (Lipinski definition) is 0. The minimum atomic E-state index is -0.0353. The average Bonchev–Trinajstić information content (AvgIpc) is 3.54. The summed E-state index contributed by atoms with van der Waals surface area (Å²) in [5, 5.41) is 2.53. The second-order valence-electron chi connectivity index (χ2n) is 10.4. The number of para-hydroxylation sites is 1. The van der Waals surface area contributed by atoms with Crippen LogP contribution in [0, 0.1) is 0 Å². The Morgan fingerprint density at radius 2 is 1.54 bits per heavy atom. The summed E-state index contributed by atoms with van der Waals surface area (Å²) in [6.07, 6.45) is 11.9. The molecule has 37 heavy (non-hydrogen) atoms. The Morgan fingerprint density at radius 3 is 2.35 bits per heavy atom. The van der Waals surface area contributed by atoms with Crippen LogP contribution in [0.2, 0.25) is 0 Å². The van der Waals surface area contributed by atoms with Crippen LogP contribution < -0.4 is 0 Å². The Hall–Kier alpha value is -4.18. The Balaban J connectivity index is 1.46. The van der Waals surface area contributed by atoms with Gasteiger partial charge in [-0.15, -0.1) is 0 Å². The fraction of sp³-hybridized carbons (Fsp3) is 0.212. The maximum Gasteiger partial charge on any atom is 0.139 e. The third-order valence-electron chi connectivity index (χ3n) is 8.27. The molecule has 1 fully saturated rings. The van der Waals surface area contributed by atoms with Gasteiger partial charge in [-0.25, -0.2) is 4.98 Å². The SMILES string of the molecule is Cn1ccnc1-c1ccc2c3ccccc3n(-c3cccc(C4(c5ccccn5)CCCCC4)c3)c2c1. The summed E-state index contributed by atoms with van der Waals surface area (Å²) in [5.74, 6) is 0.976. The van der Waals surface area contributed by atoms with Crippen molar-refractivity contribution in [2.45, 2.75) is 37.5 Å². The first kappa shape index (κ1) is 22.1. The third-order valence-corrected chi connectivity index (χ3v) is 8.27. The van der Waals surface area contributed by atoms with Crippen molar-refractivity contribution >= 4 is 21.8 Å². The van der Waals surface area contributed by atoms with Crippen molar-refractivity contribution < 1.29 is 0 Å². The van der Waals surface area contributed by atoms with Crippen molar-refractivity contribution in [2.24, 2.45) is 7.05 Å². The average molecular weight is 483 g/mol. The first-order chi connectivity index (χ1) is 18.2. The number of nitrogens with zero attached hydrogens (tertiary/aromatic N) is 4. The van der Waals surface area contributed by atoms with Crippen LogP contribution >= 0.6 is 0 Å². The predicted octanol–water partition coefficient (Wildman–Crippen LogP) is 7.83. The Bertz CT molecular complexity index is 1720. The van der Waals surface area contributed by atoms with Crippen LogP contribution in [0.5, 0.6) is 0 Å². The van der Waals surface area contributed by atoms with E-state index in [9.17, 15) is 0 Å². The highest BCUT2D eigenvalue weighted by Crippen LogP contribution is 2.45. The van der Waals surface area contributed by atoms with E-state index in [0.29, 0.717) is 0 Å². The molecule has 3 aromatic carbocycles. The molecule has 0 atom stereocenters. The van der Waals surface area contributed by atoms with Crippen molar-refractivity contribution in [3.05, 3.63) is 115 Å². The highest BCUT2D eigenvalue weighted by Gasteiger charge is 2.37. The number of rotatable bonds is 4. The molecule has 3 aromatic heterocycles. The standard InChI is InChI=1S/C33H30N4/c1-36-21-20-35-32(36)24-15-16-28-27-12-3-4-13-29(27)37(30(28)22-24)26-11-9-10-25(23-26)33(17-6-2-7-18-33)31-14-5-8-19-34-31/h3-5,8-16,19-23H,2,6-7,17-18H2,1H3. The summed E-state index contributed by atoms with van der Waals surface area (Å²) in [6.45, 7) is 0. The van der Waals surface area contributed by atoms with Gasteiger partial charge in [0.2, 0.25) is 0 Å². The van der Waals surface area contributed by atoms with E-state index in [0.717, 1.165) is 24.2 Å².